The molecule has 0 fully saturated rings. The third kappa shape index (κ3) is 8.87. The standard InChI is InChI=1S/C15H34N2O3/c1-4-13(18)16-11-9-7-8-10-12-17(14(19)5-2)15(20)6-3/h13-16,18-20H,4-12H2,1-3H3. The molecule has 0 saturated heterocycles. The number of hydrogen-bond acceptors (Lipinski definition) is 5. The summed E-state index contributed by atoms with van der Waals surface area (Å²) in [5.74, 6) is 0. The highest BCUT2D eigenvalue weighted by Crippen LogP contribution is 2.11. The molecule has 0 aliphatic carbocycles. The van der Waals surface area contributed by atoms with E-state index in [0.29, 0.717) is 12.8 Å². The van der Waals surface area contributed by atoms with Gasteiger partial charge in [0.05, 0.1) is 0 Å². The first kappa shape index (κ1) is 19.8. The van der Waals surface area contributed by atoms with Crippen LogP contribution in [0.1, 0.15) is 65.7 Å². The molecule has 0 amide bonds. The van der Waals surface area contributed by atoms with Gasteiger partial charge in [-0.3, -0.25) is 10.2 Å². The minimum atomic E-state index is -0.550. The molecule has 0 spiro atoms. The van der Waals surface area contributed by atoms with Crippen molar-refractivity contribution in [2.75, 3.05) is 13.1 Å². The summed E-state index contributed by atoms with van der Waals surface area (Å²) in [6.07, 6.45) is 4.72. The van der Waals surface area contributed by atoms with Crippen LogP contribution in [0, 0.1) is 0 Å². The van der Waals surface area contributed by atoms with Crippen LogP contribution in [0.15, 0.2) is 0 Å². The van der Waals surface area contributed by atoms with E-state index in [1.165, 1.54) is 0 Å². The lowest BCUT2D eigenvalue weighted by atomic mass is 10.1. The van der Waals surface area contributed by atoms with Crippen LogP contribution in [-0.4, -0.2) is 52.0 Å². The van der Waals surface area contributed by atoms with Gasteiger partial charge in [0.2, 0.25) is 0 Å². The maximum Gasteiger partial charge on any atom is 0.109 e. The van der Waals surface area contributed by atoms with E-state index in [9.17, 15) is 15.3 Å². The Morgan fingerprint density at radius 1 is 0.800 bits per heavy atom. The Morgan fingerprint density at radius 2 is 1.35 bits per heavy atom. The van der Waals surface area contributed by atoms with E-state index >= 15 is 0 Å². The predicted molar refractivity (Wildman–Crippen MR) is 82.1 cm³/mol. The van der Waals surface area contributed by atoms with Crippen LogP contribution in [0.2, 0.25) is 0 Å². The number of nitrogens with zero attached hydrogens (tertiary/aromatic N) is 1. The van der Waals surface area contributed by atoms with Crippen molar-refractivity contribution in [1.29, 1.82) is 0 Å². The second-order valence-electron chi connectivity index (χ2n) is 5.31. The Labute approximate surface area is 124 Å². The molecular weight excluding hydrogens is 256 g/mol. The van der Waals surface area contributed by atoms with Crippen molar-refractivity contribution < 1.29 is 15.3 Å². The van der Waals surface area contributed by atoms with E-state index in [-0.39, 0.29) is 6.23 Å². The second-order valence-corrected chi connectivity index (χ2v) is 5.31. The van der Waals surface area contributed by atoms with Gasteiger partial charge in [-0.2, -0.15) is 0 Å². The van der Waals surface area contributed by atoms with Gasteiger partial charge in [-0.25, -0.2) is 0 Å². The Bertz CT molecular complexity index is 207. The van der Waals surface area contributed by atoms with Crippen LogP contribution < -0.4 is 5.32 Å². The number of unbranched alkanes of at least 4 members (excludes halogenated alkanes) is 3. The monoisotopic (exact) mass is 290 g/mol. The highest BCUT2D eigenvalue weighted by molar-refractivity contribution is 4.64. The molecule has 20 heavy (non-hydrogen) atoms. The number of nitrogens with one attached hydrogen (secondary N) is 1. The van der Waals surface area contributed by atoms with Gasteiger partial charge in [-0.15, -0.1) is 0 Å². The molecule has 0 radical (unpaired) electrons. The zero-order valence-electron chi connectivity index (χ0n) is 13.4. The average molecular weight is 290 g/mol. The molecule has 0 rings (SSSR count). The zero-order chi connectivity index (χ0) is 15.4. The molecule has 0 aliphatic heterocycles. The fourth-order valence-electron chi connectivity index (χ4n) is 2.15. The summed E-state index contributed by atoms with van der Waals surface area (Å²) in [7, 11) is 0. The smallest absolute Gasteiger partial charge is 0.109 e. The van der Waals surface area contributed by atoms with E-state index in [2.05, 4.69) is 5.32 Å². The molecule has 0 heterocycles. The molecule has 4 N–H and O–H groups in total. The van der Waals surface area contributed by atoms with Crippen molar-refractivity contribution in [2.45, 2.75) is 84.4 Å². The molecule has 0 aromatic carbocycles. The molecule has 5 nitrogen and oxygen atoms in total. The summed E-state index contributed by atoms with van der Waals surface area (Å²) in [5, 5.41) is 32.1. The van der Waals surface area contributed by atoms with Crippen molar-refractivity contribution in [3.05, 3.63) is 0 Å². The highest BCUT2D eigenvalue weighted by atomic mass is 16.3. The first-order valence-corrected chi connectivity index (χ1v) is 8.10. The summed E-state index contributed by atoms with van der Waals surface area (Å²) >= 11 is 0. The zero-order valence-corrected chi connectivity index (χ0v) is 13.4. The topological polar surface area (TPSA) is 76.0 Å². The number of rotatable bonds is 13. The van der Waals surface area contributed by atoms with Crippen LogP contribution >= 0.6 is 0 Å². The van der Waals surface area contributed by atoms with Crippen molar-refractivity contribution >= 4 is 0 Å². The van der Waals surface area contributed by atoms with Crippen molar-refractivity contribution in [3.8, 4) is 0 Å². The molecule has 0 aromatic rings. The molecule has 0 saturated carbocycles. The SMILES string of the molecule is CCC(O)NCCCCCCN(C(O)CC)C(O)CC. The van der Waals surface area contributed by atoms with E-state index in [1.807, 2.05) is 20.8 Å². The maximum absolute atomic E-state index is 9.88. The van der Waals surface area contributed by atoms with Gasteiger partial charge < -0.3 is 15.3 Å². The first-order chi connectivity index (χ1) is 9.56. The maximum atomic E-state index is 9.88. The Balaban J connectivity index is 3.68. The molecule has 122 valence electrons. The van der Waals surface area contributed by atoms with Crippen LogP contribution in [-0.2, 0) is 0 Å². The number of aliphatic hydroxyl groups is 3. The van der Waals surface area contributed by atoms with Crippen LogP contribution in [0.5, 0.6) is 0 Å². The summed E-state index contributed by atoms with van der Waals surface area (Å²) in [4.78, 5) is 1.78. The normalized spacial score (nSPS) is 16.4. The lowest BCUT2D eigenvalue weighted by Crippen LogP contribution is -2.43. The summed E-state index contributed by atoms with van der Waals surface area (Å²) in [6.45, 7) is 7.36. The van der Waals surface area contributed by atoms with E-state index in [1.54, 1.807) is 4.90 Å². The molecule has 3 atom stereocenters. The lowest BCUT2D eigenvalue weighted by Gasteiger charge is -2.31. The third-order valence-electron chi connectivity index (χ3n) is 3.61. The van der Waals surface area contributed by atoms with Gasteiger partial charge in [0, 0.05) is 6.54 Å². The first-order valence-electron chi connectivity index (χ1n) is 8.10. The number of hydrogen-bond donors (Lipinski definition) is 4. The van der Waals surface area contributed by atoms with Crippen LogP contribution in [0.4, 0.5) is 0 Å². The van der Waals surface area contributed by atoms with Gasteiger partial charge in [-0.05, 0) is 38.6 Å². The summed E-state index contributed by atoms with van der Waals surface area (Å²) in [5.41, 5.74) is 0. The van der Waals surface area contributed by atoms with E-state index in [0.717, 1.165) is 45.2 Å². The van der Waals surface area contributed by atoms with Gasteiger partial charge in [0.15, 0.2) is 0 Å². The molecule has 0 aliphatic rings. The quantitative estimate of drug-likeness (QED) is 0.306. The van der Waals surface area contributed by atoms with Gasteiger partial charge in [0.1, 0.15) is 18.7 Å². The second kappa shape index (κ2) is 12.5. The fourth-order valence-corrected chi connectivity index (χ4v) is 2.15. The van der Waals surface area contributed by atoms with E-state index < -0.39 is 12.5 Å². The van der Waals surface area contributed by atoms with Gasteiger partial charge >= 0.3 is 0 Å². The van der Waals surface area contributed by atoms with Gasteiger partial charge in [0.25, 0.3) is 0 Å². The van der Waals surface area contributed by atoms with Gasteiger partial charge in [-0.1, -0.05) is 33.6 Å². The van der Waals surface area contributed by atoms with Crippen molar-refractivity contribution in [2.24, 2.45) is 0 Å². The fraction of sp³-hybridized carbons (Fsp3) is 1.00. The predicted octanol–water partition coefficient (Wildman–Crippen LogP) is 1.62. The molecule has 0 bridgehead atoms. The molecule has 3 unspecified atom stereocenters. The molecular formula is C15H34N2O3. The van der Waals surface area contributed by atoms with Crippen LogP contribution in [0.3, 0.4) is 0 Å². The van der Waals surface area contributed by atoms with Crippen LogP contribution in [0.25, 0.3) is 0 Å². The number of aliphatic hydroxyl groups excluding tert-OH is 3. The lowest BCUT2D eigenvalue weighted by molar-refractivity contribution is -0.104. The Hall–Kier alpha value is -0.200. The minimum absolute atomic E-state index is 0.384. The Morgan fingerprint density at radius 3 is 1.85 bits per heavy atom. The highest BCUT2D eigenvalue weighted by Gasteiger charge is 2.19. The summed E-state index contributed by atoms with van der Waals surface area (Å²) in [6, 6.07) is 0. The molecule has 5 heteroatoms. The van der Waals surface area contributed by atoms with Crippen molar-refractivity contribution in [1.82, 2.24) is 10.2 Å². The average Bonchev–Trinajstić information content (AvgIpc) is 2.48. The largest absolute Gasteiger partial charge is 0.379 e. The van der Waals surface area contributed by atoms with Crippen molar-refractivity contribution in [3.63, 3.8) is 0 Å². The molecule has 0 aromatic heterocycles. The Kier molecular flexibility index (Phi) is 12.4. The summed E-state index contributed by atoms with van der Waals surface area (Å²) < 4.78 is 0. The van der Waals surface area contributed by atoms with E-state index in [4.69, 9.17) is 0 Å². The minimum Gasteiger partial charge on any atom is -0.379 e. The third-order valence-corrected chi connectivity index (χ3v) is 3.61.